The maximum absolute atomic E-state index is 13.5. The molecule has 1 aromatic heterocycles. The summed E-state index contributed by atoms with van der Waals surface area (Å²) in [5.74, 6) is -17.2. The highest BCUT2D eigenvalue weighted by Gasteiger charge is 2.38. The van der Waals surface area contributed by atoms with E-state index in [9.17, 15) is 87.2 Å². The lowest BCUT2D eigenvalue weighted by molar-refractivity contribution is -0.144. The summed E-state index contributed by atoms with van der Waals surface area (Å²) in [5.41, 5.74) is 11.1. The number of nitrogens with two attached hydrogens (primary N) is 2. The Hall–Kier alpha value is -8.47. The first-order valence-corrected chi connectivity index (χ1v) is 24.8. The number of thiol groups is 1. The molecule has 438 valence electrons. The fourth-order valence-corrected chi connectivity index (χ4v) is 7.46. The number of rotatable bonds is 34. The molecule has 0 unspecified atom stereocenters. The summed E-state index contributed by atoms with van der Waals surface area (Å²) < 4.78 is 0. The fraction of sp³-hybridized carbons (Fsp3) is 0.591. The van der Waals surface area contributed by atoms with Crippen molar-refractivity contribution in [2.24, 2.45) is 17.4 Å². The summed E-state index contributed by atoms with van der Waals surface area (Å²) in [4.78, 5) is 197. The van der Waals surface area contributed by atoms with Gasteiger partial charge in [-0.25, -0.2) is 9.78 Å². The van der Waals surface area contributed by atoms with Crippen LogP contribution in [0.3, 0.4) is 0 Å². The van der Waals surface area contributed by atoms with Crippen molar-refractivity contribution in [3.8, 4) is 0 Å². The van der Waals surface area contributed by atoms with E-state index in [-0.39, 0.29) is 25.1 Å². The Bertz CT molecular complexity index is 2410. The molecule has 12 amide bonds. The SMILES string of the molecule is CC(C)[C@H](NC(=O)[C@H](Cc1cnc[nH]1)NC(=O)[C@@H]1CCCN1C(=O)CNC(=O)CNC(=O)[C@H](CO)NC(=O)[C@H](CC(=O)O)NC(=O)CNC(=O)[C@H](CCC(N)=O)NC(=O)[C@H](CS)NC(=O)[C@H](C)NC(=O)[C@@H](N)CC(=O)O)C(=O)O. The van der Waals surface area contributed by atoms with Crippen LogP contribution in [-0.2, 0) is 78.3 Å². The van der Waals surface area contributed by atoms with Gasteiger partial charge < -0.3 is 94.9 Å². The molecule has 1 aliphatic heterocycles. The van der Waals surface area contributed by atoms with Crippen LogP contribution in [0.5, 0.6) is 0 Å². The van der Waals surface area contributed by atoms with Crippen molar-refractivity contribution in [3.63, 3.8) is 0 Å². The Kier molecular flexibility index (Phi) is 27.8. The van der Waals surface area contributed by atoms with Gasteiger partial charge in [0.25, 0.3) is 0 Å². The van der Waals surface area contributed by atoms with Crippen molar-refractivity contribution < 1.29 is 92.3 Å². The molecule has 1 saturated heterocycles. The van der Waals surface area contributed by atoms with Gasteiger partial charge in [-0.1, -0.05) is 13.8 Å². The van der Waals surface area contributed by atoms with E-state index < -0.39 is 201 Å². The number of imidazole rings is 1. The number of nitrogens with one attached hydrogen (secondary N) is 11. The first-order chi connectivity index (χ1) is 37.1. The predicted molar refractivity (Wildman–Crippen MR) is 270 cm³/mol. The van der Waals surface area contributed by atoms with E-state index in [1.54, 1.807) is 13.8 Å². The van der Waals surface area contributed by atoms with Crippen molar-refractivity contribution in [1.82, 2.24) is 68.0 Å². The van der Waals surface area contributed by atoms with Crippen LogP contribution in [0.25, 0.3) is 0 Å². The van der Waals surface area contributed by atoms with Gasteiger partial charge in [-0.3, -0.25) is 67.1 Å². The standard InChI is InChI=1S/C44H67N15O19S/c1-19(2)35(44(77)78)58-41(74)24(9-21-12-47-18-51-21)55-43(76)28-5-4-8-59(28)32(64)15-48-30(62)13-49-39(72)26(16-60)56-40(73)25(11-34(67)68)53-31(63)14-50-38(71)23(6-7-29(46)61)54-42(75)27(17-79)57-36(69)20(3)52-37(70)22(45)10-33(65)66/h12,18-20,22-28,35,60,79H,4-11,13-17,45H2,1-3H3,(H2,46,61)(H,47,51)(H,48,62)(H,49,72)(H,50,71)(H,52,70)(H,53,63)(H,54,75)(H,55,76)(H,56,73)(H,57,69)(H,58,74)(H,65,66)(H,67,68)(H,77,78)/t20-,22-,23-,24-,25-,26-,27-,28-,35-/m0/s1. The Balaban J connectivity index is 1.99. The van der Waals surface area contributed by atoms with Crippen LogP contribution in [0.1, 0.15) is 65.0 Å². The number of aliphatic hydroxyl groups excluding tert-OH is 1. The Morgan fingerprint density at radius 3 is 1.82 bits per heavy atom. The zero-order chi connectivity index (χ0) is 59.7. The zero-order valence-corrected chi connectivity index (χ0v) is 43.9. The quantitative estimate of drug-likeness (QED) is 0.0285. The smallest absolute Gasteiger partial charge is 0.326 e. The first kappa shape index (κ1) is 66.6. The Labute approximate surface area is 455 Å². The molecule has 35 heteroatoms. The highest BCUT2D eigenvalue weighted by molar-refractivity contribution is 7.80. The molecule has 0 radical (unpaired) electrons. The number of hydrogen-bond acceptors (Lipinski definition) is 19. The third kappa shape index (κ3) is 23.4. The van der Waals surface area contributed by atoms with Crippen LogP contribution in [0.15, 0.2) is 12.5 Å². The van der Waals surface area contributed by atoms with Crippen LogP contribution in [0.2, 0.25) is 0 Å². The number of carboxylic acid groups (broad SMARTS) is 3. The summed E-state index contributed by atoms with van der Waals surface area (Å²) in [7, 11) is 0. The molecular weight excluding hydrogens is 1070 g/mol. The summed E-state index contributed by atoms with van der Waals surface area (Å²) in [6.45, 7) is 0.789. The van der Waals surface area contributed by atoms with Gasteiger partial charge in [0, 0.05) is 37.0 Å². The van der Waals surface area contributed by atoms with Crippen molar-refractivity contribution in [2.45, 2.75) is 120 Å². The first-order valence-electron chi connectivity index (χ1n) is 24.2. The predicted octanol–water partition coefficient (Wildman–Crippen LogP) is -9.09. The number of carboxylic acids is 3. The second-order valence-corrected chi connectivity index (χ2v) is 18.4. The number of aromatic amines is 1. The number of primary amides is 1. The number of nitrogens with zero attached hydrogens (tertiary/aromatic N) is 2. The van der Waals surface area contributed by atoms with Gasteiger partial charge in [0.15, 0.2) is 0 Å². The Morgan fingerprint density at radius 2 is 1.27 bits per heavy atom. The molecule has 2 rings (SSSR count). The zero-order valence-electron chi connectivity index (χ0n) is 43.0. The molecule has 0 aliphatic carbocycles. The lowest BCUT2D eigenvalue weighted by Crippen LogP contribution is -2.58. The minimum absolute atomic E-state index is 0.0786. The number of amides is 12. The van der Waals surface area contributed by atoms with E-state index in [1.807, 2.05) is 10.6 Å². The number of carbonyl (C=O) groups is 15. The second kappa shape index (κ2) is 33.0. The number of aliphatic hydroxyl groups is 1. The minimum atomic E-state index is -1.96. The summed E-state index contributed by atoms with van der Waals surface area (Å²) >= 11 is 4.01. The van der Waals surface area contributed by atoms with Crippen LogP contribution < -0.4 is 64.6 Å². The highest BCUT2D eigenvalue weighted by atomic mass is 32.1. The molecular formula is C44H67N15O19S. The lowest BCUT2D eigenvalue weighted by atomic mass is 10.0. The summed E-state index contributed by atoms with van der Waals surface area (Å²) in [5, 5.41) is 60.0. The molecule has 34 nitrogen and oxygen atoms in total. The van der Waals surface area contributed by atoms with E-state index in [4.69, 9.17) is 16.6 Å². The van der Waals surface area contributed by atoms with Gasteiger partial charge in [-0.2, -0.15) is 12.6 Å². The summed E-state index contributed by atoms with van der Waals surface area (Å²) in [6, 6.07) is -13.5. The number of H-pyrrole nitrogens is 1. The average Bonchev–Trinajstić information content (AvgIpc) is 4.10. The van der Waals surface area contributed by atoms with Crippen molar-refractivity contribution in [1.29, 1.82) is 0 Å². The van der Waals surface area contributed by atoms with Crippen LogP contribution in [0, 0.1) is 5.92 Å². The van der Waals surface area contributed by atoms with Crippen LogP contribution in [0.4, 0.5) is 0 Å². The van der Waals surface area contributed by atoms with E-state index in [0.29, 0.717) is 12.1 Å². The number of hydrogen-bond donors (Lipinski definition) is 18. The molecule has 1 aliphatic rings. The number of aromatic nitrogens is 2. The van der Waals surface area contributed by atoms with Crippen molar-refractivity contribution in [3.05, 3.63) is 18.2 Å². The summed E-state index contributed by atoms with van der Waals surface area (Å²) in [6.07, 6.45) is 0.342. The van der Waals surface area contributed by atoms with E-state index in [0.717, 1.165) is 4.90 Å². The van der Waals surface area contributed by atoms with Gasteiger partial charge >= 0.3 is 17.9 Å². The molecule has 1 fully saturated rings. The molecule has 9 atom stereocenters. The van der Waals surface area contributed by atoms with Gasteiger partial charge in [-0.05, 0) is 32.1 Å². The highest BCUT2D eigenvalue weighted by Crippen LogP contribution is 2.18. The minimum Gasteiger partial charge on any atom is -0.481 e. The van der Waals surface area contributed by atoms with Crippen molar-refractivity contribution >= 4 is 101 Å². The molecule has 2 heterocycles. The van der Waals surface area contributed by atoms with E-state index in [2.05, 4.69) is 65.1 Å². The maximum atomic E-state index is 13.5. The molecule has 0 bridgehead atoms. The topological polar surface area (TPSA) is 541 Å². The molecule has 0 saturated carbocycles. The third-order valence-electron chi connectivity index (χ3n) is 11.5. The lowest BCUT2D eigenvalue weighted by Gasteiger charge is -2.27. The normalized spacial score (nSPS) is 15.8. The molecule has 1 aromatic rings. The van der Waals surface area contributed by atoms with Gasteiger partial charge in [0.05, 0.1) is 51.5 Å². The Morgan fingerprint density at radius 1 is 0.684 bits per heavy atom. The fourth-order valence-electron chi connectivity index (χ4n) is 7.20. The average molecular weight is 1140 g/mol. The third-order valence-corrected chi connectivity index (χ3v) is 11.8. The van der Waals surface area contributed by atoms with Crippen molar-refractivity contribution in [2.75, 3.05) is 38.5 Å². The van der Waals surface area contributed by atoms with Gasteiger partial charge in [-0.15, -0.1) is 0 Å². The monoisotopic (exact) mass is 1140 g/mol. The molecule has 0 aromatic carbocycles. The van der Waals surface area contributed by atoms with Gasteiger partial charge in [0.1, 0.15) is 48.3 Å². The molecule has 79 heavy (non-hydrogen) atoms. The van der Waals surface area contributed by atoms with E-state index >= 15 is 0 Å². The largest absolute Gasteiger partial charge is 0.481 e. The van der Waals surface area contributed by atoms with Crippen LogP contribution >= 0.6 is 12.6 Å². The van der Waals surface area contributed by atoms with Gasteiger partial charge in [0.2, 0.25) is 70.9 Å². The molecule has 0 spiro atoms. The number of carbonyl (C=O) groups excluding carboxylic acids is 12. The number of aliphatic carboxylic acids is 3. The van der Waals surface area contributed by atoms with E-state index in [1.165, 1.54) is 19.4 Å². The molecule has 19 N–H and O–H groups in total. The number of likely N-dealkylation sites (tertiary alicyclic amines) is 1. The second-order valence-electron chi connectivity index (χ2n) is 18.1. The maximum Gasteiger partial charge on any atom is 0.326 e. The van der Waals surface area contributed by atoms with Crippen LogP contribution in [-0.4, -0.2) is 217 Å².